The van der Waals surface area contributed by atoms with Gasteiger partial charge in [0, 0.05) is 6.07 Å². The molecule has 1 N–H and O–H groups in total. The molecule has 1 aliphatic rings. The molecule has 0 bridgehead atoms. The number of aliphatic hydroxyl groups is 1. The maximum atomic E-state index is 11.1. The number of aliphatic hydroxyl groups excluding tert-OH is 1. The van der Waals surface area contributed by atoms with E-state index in [0.29, 0.717) is 0 Å². The summed E-state index contributed by atoms with van der Waals surface area (Å²) >= 11 is 0. The van der Waals surface area contributed by atoms with Crippen LogP contribution in [0.25, 0.3) is 11.1 Å². The zero-order valence-corrected chi connectivity index (χ0v) is 10.4. The molecular formula is C12H8N4O5. The van der Waals surface area contributed by atoms with Gasteiger partial charge in [0.05, 0.1) is 27.0 Å². The molecule has 0 saturated heterocycles. The van der Waals surface area contributed by atoms with Crippen LogP contribution in [0.15, 0.2) is 36.4 Å². The molecule has 1 atom stereocenters. The first kappa shape index (κ1) is 14.3. The number of benzene rings is 1. The minimum absolute atomic E-state index is 0.0156. The molecule has 0 aromatic heterocycles. The van der Waals surface area contributed by atoms with Crippen molar-refractivity contribution in [3.63, 3.8) is 0 Å². The molecule has 1 aromatic rings. The number of hydrogen-bond acceptors (Lipinski definition) is 5. The lowest BCUT2D eigenvalue weighted by atomic mass is 9.92. The highest BCUT2D eigenvalue weighted by Gasteiger charge is 2.32. The first-order valence-electron chi connectivity index (χ1n) is 5.67. The molecule has 0 aliphatic heterocycles. The van der Waals surface area contributed by atoms with Crippen molar-refractivity contribution in [2.24, 2.45) is 0 Å². The van der Waals surface area contributed by atoms with Crippen LogP contribution in [0.5, 0.6) is 0 Å². The van der Waals surface area contributed by atoms with Crippen LogP contribution in [0.1, 0.15) is 5.56 Å². The number of hydrogen-bond donors (Lipinski definition) is 1. The van der Waals surface area contributed by atoms with Crippen molar-refractivity contribution >= 4 is 22.7 Å². The Balaban J connectivity index is 2.66. The summed E-state index contributed by atoms with van der Waals surface area (Å²) in [6, 6.07) is 3.10. The number of non-ortho nitro benzene ring substituents is 1. The molecule has 0 heterocycles. The van der Waals surface area contributed by atoms with Gasteiger partial charge in [-0.05, 0) is 18.2 Å². The normalized spacial score (nSPS) is 17.1. The molecular weight excluding hydrogens is 280 g/mol. The van der Waals surface area contributed by atoms with Crippen LogP contribution >= 0.6 is 0 Å². The molecule has 1 aromatic carbocycles. The molecule has 2 rings (SSSR count). The highest BCUT2D eigenvalue weighted by molar-refractivity contribution is 6.25. The van der Waals surface area contributed by atoms with Crippen molar-refractivity contribution in [1.82, 2.24) is 0 Å². The molecule has 0 saturated carbocycles. The van der Waals surface area contributed by atoms with Crippen molar-refractivity contribution in [3.8, 4) is 0 Å². The second kappa shape index (κ2) is 5.45. The van der Waals surface area contributed by atoms with Gasteiger partial charge in [-0.15, -0.1) is 0 Å². The van der Waals surface area contributed by atoms with Crippen molar-refractivity contribution < 1.29 is 19.7 Å². The predicted molar refractivity (Wildman–Crippen MR) is 71.5 cm³/mol. The maximum Gasteiger partial charge on any atom is 0.332 e. The first-order chi connectivity index (χ1) is 9.95. The smallest absolute Gasteiger partial charge is 0.332 e. The highest BCUT2D eigenvalue weighted by Crippen LogP contribution is 2.32. The Morgan fingerprint density at radius 1 is 1.24 bits per heavy atom. The third kappa shape index (κ3) is 2.59. The summed E-state index contributed by atoms with van der Waals surface area (Å²) in [6.45, 7) is 0. The van der Waals surface area contributed by atoms with Gasteiger partial charge in [0.15, 0.2) is 6.10 Å². The maximum absolute atomic E-state index is 11.1. The van der Waals surface area contributed by atoms with E-state index in [1.54, 1.807) is 0 Å². The summed E-state index contributed by atoms with van der Waals surface area (Å²) in [5, 5.41) is 31.5. The Morgan fingerprint density at radius 2 is 1.95 bits per heavy atom. The minimum atomic E-state index is -1.22. The summed E-state index contributed by atoms with van der Waals surface area (Å²) in [6.07, 6.45) is 2.97. The van der Waals surface area contributed by atoms with Crippen LogP contribution < -0.4 is 0 Å². The minimum Gasteiger partial charge on any atom is -0.377 e. The molecule has 0 amide bonds. The van der Waals surface area contributed by atoms with Crippen molar-refractivity contribution in [3.05, 3.63) is 67.8 Å². The van der Waals surface area contributed by atoms with Gasteiger partial charge in [0.1, 0.15) is 0 Å². The van der Waals surface area contributed by atoms with E-state index in [4.69, 9.17) is 5.53 Å². The summed E-state index contributed by atoms with van der Waals surface area (Å²) < 4.78 is 0. The fraction of sp³-hybridized carbons (Fsp3) is 0.0833. The topological polar surface area (TPSA) is 143 Å². The molecule has 9 heteroatoms. The Kier molecular flexibility index (Phi) is 3.70. The molecule has 9 nitrogen and oxygen atoms in total. The number of nitro groups is 2. The van der Waals surface area contributed by atoms with Crippen molar-refractivity contribution in [2.75, 3.05) is 0 Å². The van der Waals surface area contributed by atoms with E-state index in [1.807, 2.05) is 0 Å². The number of nitro benzene ring substituents is 2. The molecule has 1 unspecified atom stereocenters. The quantitative estimate of drug-likeness (QED) is 0.388. The van der Waals surface area contributed by atoms with Gasteiger partial charge in [0.25, 0.3) is 11.4 Å². The van der Waals surface area contributed by atoms with Gasteiger partial charge < -0.3 is 10.6 Å². The lowest BCUT2D eigenvalue weighted by Gasteiger charge is -2.09. The lowest BCUT2D eigenvalue weighted by Crippen LogP contribution is -2.23. The summed E-state index contributed by atoms with van der Waals surface area (Å²) in [5.74, 6) is 0. The van der Waals surface area contributed by atoms with Crippen LogP contribution in [0, 0.1) is 20.2 Å². The van der Waals surface area contributed by atoms with Gasteiger partial charge in [-0.1, -0.05) is 6.08 Å². The molecule has 0 spiro atoms. The Bertz CT molecular complexity index is 746. The average molecular weight is 288 g/mol. The molecule has 1 aliphatic carbocycles. The highest BCUT2D eigenvalue weighted by atomic mass is 16.6. The van der Waals surface area contributed by atoms with E-state index in [0.717, 1.165) is 12.1 Å². The van der Waals surface area contributed by atoms with E-state index in [2.05, 4.69) is 4.79 Å². The van der Waals surface area contributed by atoms with Gasteiger partial charge in [-0.2, -0.15) is 4.79 Å². The number of allylic oxidation sites excluding steroid dienone is 2. The summed E-state index contributed by atoms with van der Waals surface area (Å²) in [4.78, 5) is 23.2. The van der Waals surface area contributed by atoms with Crippen molar-refractivity contribution in [2.45, 2.75) is 6.10 Å². The van der Waals surface area contributed by atoms with Crippen LogP contribution in [0.4, 0.5) is 11.4 Å². The third-order valence-corrected chi connectivity index (χ3v) is 2.90. The monoisotopic (exact) mass is 288 g/mol. The van der Waals surface area contributed by atoms with Gasteiger partial charge in [-0.3, -0.25) is 20.2 Å². The van der Waals surface area contributed by atoms with E-state index >= 15 is 0 Å². The largest absolute Gasteiger partial charge is 0.377 e. The van der Waals surface area contributed by atoms with Gasteiger partial charge in [0.2, 0.25) is 0 Å². The van der Waals surface area contributed by atoms with E-state index < -0.39 is 27.3 Å². The van der Waals surface area contributed by atoms with Crippen LogP contribution in [-0.2, 0) is 0 Å². The third-order valence-electron chi connectivity index (χ3n) is 2.90. The number of nitrogens with zero attached hydrogens (tertiary/aromatic N) is 4. The van der Waals surface area contributed by atoms with Gasteiger partial charge >= 0.3 is 5.71 Å². The predicted octanol–water partition coefficient (Wildman–Crippen LogP) is 1.49. The SMILES string of the molecule is [N-]=[N+]=C1C(c2ccc([N+](=O)[O-])cc2[N+](=O)[O-])=CC=CC1O. The standard InChI is InChI=1S/C12H8N4O5/c13-14-12-9(2-1-3-11(12)17)8-5-4-7(15(18)19)6-10(8)16(20)21/h1-6,11,17H. The zero-order chi connectivity index (χ0) is 15.6. The summed E-state index contributed by atoms with van der Waals surface area (Å²) in [7, 11) is 0. The van der Waals surface area contributed by atoms with Crippen molar-refractivity contribution in [1.29, 1.82) is 0 Å². The van der Waals surface area contributed by atoms with Crippen LogP contribution in [0.3, 0.4) is 0 Å². The summed E-state index contributed by atoms with van der Waals surface area (Å²) in [5.41, 5.74) is 7.96. The van der Waals surface area contributed by atoms with E-state index in [-0.39, 0.29) is 16.8 Å². The lowest BCUT2D eigenvalue weighted by molar-refractivity contribution is -0.394. The fourth-order valence-electron chi connectivity index (χ4n) is 1.95. The fourth-order valence-corrected chi connectivity index (χ4v) is 1.95. The molecule has 0 radical (unpaired) electrons. The Morgan fingerprint density at radius 3 is 2.52 bits per heavy atom. The molecule has 106 valence electrons. The second-order valence-corrected chi connectivity index (χ2v) is 4.11. The molecule has 0 fully saturated rings. The first-order valence-corrected chi connectivity index (χ1v) is 5.67. The van der Waals surface area contributed by atoms with Crippen LogP contribution in [-0.4, -0.2) is 31.6 Å². The second-order valence-electron chi connectivity index (χ2n) is 4.11. The molecule has 21 heavy (non-hydrogen) atoms. The van der Waals surface area contributed by atoms with E-state index in [1.165, 1.54) is 24.3 Å². The average Bonchev–Trinajstić information content (AvgIpc) is 2.46. The Labute approximate surface area is 117 Å². The van der Waals surface area contributed by atoms with E-state index in [9.17, 15) is 25.3 Å². The van der Waals surface area contributed by atoms with Gasteiger partial charge in [-0.25, -0.2) is 0 Å². The zero-order valence-electron chi connectivity index (χ0n) is 10.4. The Hall–Kier alpha value is -3.16. The number of rotatable bonds is 3. The van der Waals surface area contributed by atoms with Crippen LogP contribution in [0.2, 0.25) is 0 Å².